The normalized spacial score (nSPS) is 23.5. The summed E-state index contributed by atoms with van der Waals surface area (Å²) in [6.45, 7) is 2.18. The van der Waals surface area contributed by atoms with Gasteiger partial charge in [0.1, 0.15) is 5.78 Å². The quantitative estimate of drug-likeness (QED) is 0.283. The zero-order valence-corrected chi connectivity index (χ0v) is 15.1. The number of rotatable bonds is 12. The average Bonchev–Trinajstić information content (AvgIpc) is 2.94. The Morgan fingerprint density at radius 3 is 2.68 bits per heavy atom. The fourth-order valence-electron chi connectivity index (χ4n) is 3.09. The summed E-state index contributed by atoms with van der Waals surface area (Å²) in [5.41, 5.74) is 0. The Morgan fingerprint density at radius 1 is 1.24 bits per heavy atom. The van der Waals surface area contributed by atoms with Gasteiger partial charge in [-0.25, -0.2) is 4.79 Å². The summed E-state index contributed by atoms with van der Waals surface area (Å²) in [5, 5.41) is 27.3. The third-order valence-electron chi connectivity index (χ3n) is 4.67. The standard InChI is InChI=1S/C20H32O5/c1-2-3-4-5-6-8-11-16-13-14-18(21)17(16)12-9-7-10-15-20(24,25)19(22)23/h7-9,11,16-17,24-25H,2-6,10,12-15H2,1H3,(H,22,23)/b9-7-,11-8+/t16-,17+/m0/s1/i15D/t15?,16-,17+. The maximum absolute atomic E-state index is 12.1. The van der Waals surface area contributed by atoms with Crippen LogP contribution in [0.1, 0.15) is 72.5 Å². The molecule has 0 aliphatic heterocycles. The number of Topliss-reactive ketones (excluding diaryl/α,β-unsaturated/α-hetero) is 1. The minimum absolute atomic E-state index is 0.0743. The van der Waals surface area contributed by atoms with Crippen molar-refractivity contribution >= 4 is 11.8 Å². The summed E-state index contributed by atoms with van der Waals surface area (Å²) in [7, 11) is 0. The number of carbonyl (C=O) groups excluding carboxylic acids is 1. The van der Waals surface area contributed by atoms with Crippen LogP contribution in [0.4, 0.5) is 0 Å². The van der Waals surface area contributed by atoms with Crippen LogP contribution in [0, 0.1) is 11.8 Å². The highest BCUT2D eigenvalue weighted by molar-refractivity contribution is 5.83. The van der Waals surface area contributed by atoms with E-state index in [-0.39, 0.29) is 24.0 Å². The van der Waals surface area contributed by atoms with Crippen LogP contribution in [-0.4, -0.2) is 32.9 Å². The zero-order valence-electron chi connectivity index (χ0n) is 16.1. The molecule has 0 radical (unpaired) electrons. The SMILES string of the molecule is [2H]C(C/C=C\C[C@H]1C(=O)CC[C@@H]1/C=C/CCCCCC)C(O)(O)C(=O)O. The van der Waals surface area contributed by atoms with E-state index in [1.807, 2.05) is 0 Å². The second-order valence-corrected chi connectivity index (χ2v) is 6.73. The molecule has 0 aromatic carbocycles. The molecule has 0 heterocycles. The van der Waals surface area contributed by atoms with Crippen molar-refractivity contribution in [2.45, 2.75) is 76.9 Å². The summed E-state index contributed by atoms with van der Waals surface area (Å²) in [6, 6.07) is 0. The number of hydrogen-bond acceptors (Lipinski definition) is 4. The number of carbonyl (C=O) groups is 2. The molecule has 0 bridgehead atoms. The molecule has 5 nitrogen and oxygen atoms in total. The first-order valence-electron chi connectivity index (χ1n) is 9.83. The van der Waals surface area contributed by atoms with Gasteiger partial charge >= 0.3 is 5.97 Å². The number of ketones is 1. The molecule has 0 aromatic rings. The number of carboxylic acids is 1. The van der Waals surface area contributed by atoms with Gasteiger partial charge in [-0.3, -0.25) is 4.79 Å². The first-order valence-corrected chi connectivity index (χ1v) is 9.25. The molecule has 3 N–H and O–H groups in total. The Labute approximate surface area is 151 Å². The van der Waals surface area contributed by atoms with Gasteiger partial charge in [0.25, 0.3) is 5.79 Å². The van der Waals surface area contributed by atoms with E-state index < -0.39 is 18.2 Å². The molecular weight excluding hydrogens is 320 g/mol. The van der Waals surface area contributed by atoms with Crippen molar-refractivity contribution in [2.24, 2.45) is 11.8 Å². The van der Waals surface area contributed by atoms with Crippen LogP contribution < -0.4 is 0 Å². The van der Waals surface area contributed by atoms with E-state index in [1.165, 1.54) is 25.7 Å². The van der Waals surface area contributed by atoms with E-state index in [2.05, 4.69) is 19.1 Å². The predicted octanol–water partition coefficient (Wildman–Crippen LogP) is 3.60. The third kappa shape index (κ3) is 7.97. The number of aliphatic hydroxyl groups is 2. The van der Waals surface area contributed by atoms with E-state index in [4.69, 9.17) is 6.48 Å². The number of unbranched alkanes of at least 4 members (excludes halogenated alkanes) is 4. The van der Waals surface area contributed by atoms with Gasteiger partial charge in [-0.2, -0.15) is 0 Å². The van der Waals surface area contributed by atoms with Crippen molar-refractivity contribution in [1.82, 2.24) is 0 Å². The smallest absolute Gasteiger partial charge is 0.364 e. The summed E-state index contributed by atoms with van der Waals surface area (Å²) < 4.78 is 7.52. The van der Waals surface area contributed by atoms with Crippen molar-refractivity contribution in [3.8, 4) is 0 Å². The van der Waals surface area contributed by atoms with Crippen LogP contribution in [-0.2, 0) is 9.59 Å². The van der Waals surface area contributed by atoms with E-state index in [0.29, 0.717) is 12.8 Å². The number of carboxylic acid groups (broad SMARTS) is 1. The molecule has 1 aliphatic carbocycles. The first-order chi connectivity index (χ1) is 12.3. The molecule has 1 fully saturated rings. The van der Waals surface area contributed by atoms with Crippen LogP contribution in [0.25, 0.3) is 0 Å². The number of aliphatic carboxylic acids is 1. The van der Waals surface area contributed by atoms with Gasteiger partial charge in [-0.15, -0.1) is 0 Å². The Bertz CT molecular complexity index is 512. The minimum atomic E-state index is -3.06. The molecule has 0 amide bonds. The second-order valence-electron chi connectivity index (χ2n) is 6.73. The minimum Gasteiger partial charge on any atom is -0.477 e. The van der Waals surface area contributed by atoms with Gasteiger partial charge in [0.2, 0.25) is 0 Å². The van der Waals surface area contributed by atoms with Crippen molar-refractivity contribution in [3.63, 3.8) is 0 Å². The summed E-state index contributed by atoms with van der Waals surface area (Å²) >= 11 is 0. The van der Waals surface area contributed by atoms with E-state index in [0.717, 1.165) is 12.8 Å². The Kier molecular flexibility index (Phi) is 8.91. The lowest BCUT2D eigenvalue weighted by Crippen LogP contribution is -2.37. The van der Waals surface area contributed by atoms with Crippen LogP contribution in [0.2, 0.25) is 0 Å². The number of allylic oxidation sites excluding steroid dienone is 4. The number of hydrogen-bond donors (Lipinski definition) is 3. The maximum Gasteiger partial charge on any atom is 0.364 e. The summed E-state index contributed by atoms with van der Waals surface area (Å²) in [5.74, 6) is -4.49. The largest absolute Gasteiger partial charge is 0.477 e. The lowest BCUT2D eigenvalue weighted by Gasteiger charge is -2.15. The van der Waals surface area contributed by atoms with Crippen molar-refractivity contribution in [3.05, 3.63) is 24.3 Å². The molecule has 0 saturated heterocycles. The zero-order chi connectivity index (χ0) is 19.6. The van der Waals surface area contributed by atoms with Crippen molar-refractivity contribution in [1.29, 1.82) is 0 Å². The molecule has 1 rings (SSSR count). The summed E-state index contributed by atoms with van der Waals surface area (Å²) in [4.78, 5) is 22.8. The first kappa shape index (κ1) is 19.9. The van der Waals surface area contributed by atoms with Crippen molar-refractivity contribution < 1.29 is 26.3 Å². The molecule has 25 heavy (non-hydrogen) atoms. The Balaban J connectivity index is 2.44. The molecule has 1 saturated carbocycles. The highest BCUT2D eigenvalue weighted by Gasteiger charge is 2.32. The van der Waals surface area contributed by atoms with Crippen LogP contribution in [0.5, 0.6) is 0 Å². The fourth-order valence-corrected chi connectivity index (χ4v) is 3.09. The molecule has 142 valence electrons. The topological polar surface area (TPSA) is 94.8 Å². The molecule has 5 heteroatoms. The third-order valence-corrected chi connectivity index (χ3v) is 4.67. The Morgan fingerprint density at radius 2 is 2.00 bits per heavy atom. The Hall–Kier alpha value is -1.46. The van der Waals surface area contributed by atoms with E-state index in [9.17, 15) is 19.8 Å². The van der Waals surface area contributed by atoms with Crippen LogP contribution in [0.15, 0.2) is 24.3 Å². The fraction of sp³-hybridized carbons (Fsp3) is 0.700. The van der Waals surface area contributed by atoms with Gasteiger partial charge < -0.3 is 15.3 Å². The molecule has 1 unspecified atom stereocenters. The van der Waals surface area contributed by atoms with Crippen LogP contribution >= 0.6 is 0 Å². The molecule has 0 aromatic heterocycles. The van der Waals surface area contributed by atoms with Crippen molar-refractivity contribution in [2.75, 3.05) is 0 Å². The second kappa shape index (κ2) is 11.2. The molecule has 1 aliphatic rings. The van der Waals surface area contributed by atoms with Gasteiger partial charge in [-0.05, 0) is 38.0 Å². The lowest BCUT2D eigenvalue weighted by atomic mass is 9.91. The van der Waals surface area contributed by atoms with E-state index in [1.54, 1.807) is 12.2 Å². The van der Waals surface area contributed by atoms with Gasteiger partial charge in [0.05, 0.1) is 0 Å². The highest BCUT2D eigenvalue weighted by atomic mass is 16.5. The highest BCUT2D eigenvalue weighted by Crippen LogP contribution is 2.33. The average molecular weight is 353 g/mol. The lowest BCUT2D eigenvalue weighted by molar-refractivity contribution is -0.205. The van der Waals surface area contributed by atoms with E-state index >= 15 is 0 Å². The summed E-state index contributed by atoms with van der Waals surface area (Å²) in [6.07, 6.45) is 13.9. The maximum atomic E-state index is 12.1. The van der Waals surface area contributed by atoms with Gasteiger partial charge in [0, 0.05) is 20.1 Å². The van der Waals surface area contributed by atoms with Gasteiger partial charge in [-0.1, -0.05) is 50.5 Å². The molecule has 0 spiro atoms. The predicted molar refractivity (Wildman–Crippen MR) is 96.9 cm³/mol. The molecular formula is C20H32O5. The monoisotopic (exact) mass is 353 g/mol. The van der Waals surface area contributed by atoms with Gasteiger partial charge in [0.15, 0.2) is 0 Å². The van der Waals surface area contributed by atoms with Crippen LogP contribution in [0.3, 0.4) is 0 Å². The molecule has 3 atom stereocenters.